The first-order valence-corrected chi connectivity index (χ1v) is 6.45. The predicted octanol–water partition coefficient (Wildman–Crippen LogP) is -0.794. The van der Waals surface area contributed by atoms with Gasteiger partial charge in [-0.25, -0.2) is 0 Å². The molecule has 0 amide bonds. The van der Waals surface area contributed by atoms with E-state index in [4.69, 9.17) is 9.84 Å². The summed E-state index contributed by atoms with van der Waals surface area (Å²) in [5.74, 6) is 0.358. The molecule has 0 saturated carbocycles. The molecule has 17 heavy (non-hydrogen) atoms. The number of aliphatic hydroxyl groups excluding tert-OH is 1. The Bertz CT molecular complexity index is 317. The summed E-state index contributed by atoms with van der Waals surface area (Å²) in [7, 11) is 0. The Morgan fingerprint density at radius 1 is 1.53 bits per heavy atom. The number of aliphatic hydroxyl groups is 1. The van der Waals surface area contributed by atoms with Gasteiger partial charge in [0.25, 0.3) is 0 Å². The van der Waals surface area contributed by atoms with E-state index in [2.05, 4.69) is 10.2 Å². The Kier molecular flexibility index (Phi) is 2.84. The molecule has 0 bridgehead atoms. The highest BCUT2D eigenvalue weighted by atomic mass is 16.6. The fourth-order valence-electron chi connectivity index (χ4n) is 3.22. The molecule has 0 aromatic carbocycles. The van der Waals surface area contributed by atoms with Gasteiger partial charge in [0.1, 0.15) is 6.10 Å². The third-order valence-corrected chi connectivity index (χ3v) is 4.46. The lowest BCUT2D eigenvalue weighted by Crippen LogP contribution is -2.59. The maximum absolute atomic E-state index is 11.4. The Morgan fingerprint density at radius 3 is 2.94 bits per heavy atom. The van der Waals surface area contributed by atoms with Crippen LogP contribution in [0, 0.1) is 11.3 Å². The molecule has 0 aliphatic carbocycles. The largest absolute Gasteiger partial charge is 0.460 e. The number of nitrogens with one attached hydrogen (secondary N) is 1. The second kappa shape index (κ2) is 4.23. The van der Waals surface area contributed by atoms with Crippen molar-refractivity contribution in [1.82, 2.24) is 10.2 Å². The van der Waals surface area contributed by atoms with Gasteiger partial charge in [0.2, 0.25) is 0 Å². The standard InChI is InChI=1S/C12H20N2O3/c15-6-9-1-2-14(4-9)5-10-12(7-13-8-12)3-11(16)17-10/h9-10,13,15H,1-8H2. The lowest BCUT2D eigenvalue weighted by Gasteiger charge is -2.42. The number of esters is 1. The monoisotopic (exact) mass is 240 g/mol. The quantitative estimate of drug-likeness (QED) is 0.633. The van der Waals surface area contributed by atoms with Crippen molar-refractivity contribution in [2.24, 2.45) is 11.3 Å². The molecule has 3 fully saturated rings. The summed E-state index contributed by atoms with van der Waals surface area (Å²) in [4.78, 5) is 13.8. The topological polar surface area (TPSA) is 61.8 Å². The molecule has 5 heteroatoms. The zero-order valence-electron chi connectivity index (χ0n) is 10.0. The third kappa shape index (κ3) is 1.96. The Balaban J connectivity index is 1.59. The molecule has 3 heterocycles. The Hall–Kier alpha value is -0.650. The van der Waals surface area contributed by atoms with Gasteiger partial charge in [0, 0.05) is 38.2 Å². The van der Waals surface area contributed by atoms with Crippen LogP contribution in [0.25, 0.3) is 0 Å². The van der Waals surface area contributed by atoms with Gasteiger partial charge in [-0.3, -0.25) is 9.69 Å². The minimum atomic E-state index is -0.0468. The Labute approximate surface area is 101 Å². The van der Waals surface area contributed by atoms with Crippen molar-refractivity contribution in [3.05, 3.63) is 0 Å². The van der Waals surface area contributed by atoms with Gasteiger partial charge >= 0.3 is 5.97 Å². The molecule has 5 nitrogen and oxygen atoms in total. The van der Waals surface area contributed by atoms with Crippen LogP contribution in [0.15, 0.2) is 0 Å². The number of carbonyl (C=O) groups excluding carboxylic acids is 1. The first-order chi connectivity index (χ1) is 8.22. The van der Waals surface area contributed by atoms with E-state index in [0.717, 1.165) is 39.1 Å². The molecular weight excluding hydrogens is 220 g/mol. The molecule has 0 aromatic heterocycles. The van der Waals surface area contributed by atoms with Crippen LogP contribution in [0.4, 0.5) is 0 Å². The maximum Gasteiger partial charge on any atom is 0.306 e. The van der Waals surface area contributed by atoms with Crippen molar-refractivity contribution >= 4 is 5.97 Å². The molecule has 3 saturated heterocycles. The summed E-state index contributed by atoms with van der Waals surface area (Å²) in [6.07, 6.45) is 1.68. The average Bonchev–Trinajstić information content (AvgIpc) is 2.82. The zero-order valence-corrected chi connectivity index (χ0v) is 10.0. The van der Waals surface area contributed by atoms with E-state index < -0.39 is 0 Å². The second-order valence-electron chi connectivity index (χ2n) is 5.72. The molecule has 1 spiro atoms. The van der Waals surface area contributed by atoms with Crippen molar-refractivity contribution in [2.75, 3.05) is 39.3 Å². The molecule has 2 unspecified atom stereocenters. The van der Waals surface area contributed by atoms with E-state index in [1.54, 1.807) is 0 Å². The van der Waals surface area contributed by atoms with Gasteiger partial charge in [-0.2, -0.15) is 0 Å². The minimum Gasteiger partial charge on any atom is -0.460 e. The molecule has 0 radical (unpaired) electrons. The normalized spacial score (nSPS) is 36.2. The number of likely N-dealkylation sites (tertiary alicyclic amines) is 1. The molecule has 2 atom stereocenters. The molecule has 96 valence electrons. The van der Waals surface area contributed by atoms with E-state index in [1.165, 1.54) is 0 Å². The summed E-state index contributed by atoms with van der Waals surface area (Å²) >= 11 is 0. The van der Waals surface area contributed by atoms with Crippen LogP contribution < -0.4 is 5.32 Å². The maximum atomic E-state index is 11.4. The second-order valence-corrected chi connectivity index (χ2v) is 5.72. The first-order valence-electron chi connectivity index (χ1n) is 6.45. The molecule has 3 aliphatic rings. The van der Waals surface area contributed by atoms with E-state index in [9.17, 15) is 4.79 Å². The molecular formula is C12H20N2O3. The van der Waals surface area contributed by atoms with E-state index in [-0.39, 0.29) is 24.1 Å². The molecule has 0 aromatic rings. The van der Waals surface area contributed by atoms with Crippen LogP contribution in [0.3, 0.4) is 0 Å². The van der Waals surface area contributed by atoms with Crippen molar-refractivity contribution in [3.8, 4) is 0 Å². The van der Waals surface area contributed by atoms with E-state index in [1.807, 2.05) is 0 Å². The van der Waals surface area contributed by atoms with Crippen LogP contribution in [-0.4, -0.2) is 61.4 Å². The highest BCUT2D eigenvalue weighted by Gasteiger charge is 2.53. The van der Waals surface area contributed by atoms with Crippen molar-refractivity contribution < 1.29 is 14.6 Å². The zero-order chi connectivity index (χ0) is 11.9. The van der Waals surface area contributed by atoms with Gasteiger partial charge in [0.05, 0.1) is 6.42 Å². The lowest BCUT2D eigenvalue weighted by atomic mass is 9.75. The van der Waals surface area contributed by atoms with E-state index >= 15 is 0 Å². The van der Waals surface area contributed by atoms with Crippen LogP contribution in [0.2, 0.25) is 0 Å². The summed E-state index contributed by atoms with van der Waals surface area (Å²) in [5.41, 5.74) is 0.0639. The lowest BCUT2D eigenvalue weighted by molar-refractivity contribution is -0.142. The van der Waals surface area contributed by atoms with Gasteiger partial charge in [-0.05, 0) is 18.9 Å². The van der Waals surface area contributed by atoms with Crippen molar-refractivity contribution in [3.63, 3.8) is 0 Å². The number of ether oxygens (including phenoxy) is 1. The SMILES string of the molecule is O=C1CC2(CNC2)C(CN2CCC(CO)C2)O1. The summed E-state index contributed by atoms with van der Waals surface area (Å²) in [5, 5.41) is 12.4. The average molecular weight is 240 g/mol. The van der Waals surface area contributed by atoms with Crippen molar-refractivity contribution in [1.29, 1.82) is 0 Å². The number of cyclic esters (lactones) is 1. The predicted molar refractivity (Wildman–Crippen MR) is 61.4 cm³/mol. The first kappa shape index (κ1) is 11.4. The van der Waals surface area contributed by atoms with Gasteiger partial charge in [-0.1, -0.05) is 0 Å². The van der Waals surface area contributed by atoms with Crippen LogP contribution in [-0.2, 0) is 9.53 Å². The molecule has 3 aliphatic heterocycles. The summed E-state index contributed by atoms with van der Waals surface area (Å²) < 4.78 is 5.47. The van der Waals surface area contributed by atoms with Crippen molar-refractivity contribution in [2.45, 2.75) is 18.9 Å². The minimum absolute atomic E-state index is 0.0468. The number of hydrogen-bond acceptors (Lipinski definition) is 5. The molecule has 3 rings (SSSR count). The van der Waals surface area contributed by atoms with Gasteiger partial charge < -0.3 is 15.2 Å². The number of rotatable bonds is 3. The van der Waals surface area contributed by atoms with Crippen LogP contribution in [0.5, 0.6) is 0 Å². The Morgan fingerprint density at radius 2 is 2.35 bits per heavy atom. The summed E-state index contributed by atoms with van der Waals surface area (Å²) in [6.45, 7) is 4.87. The number of nitrogens with zero attached hydrogens (tertiary/aromatic N) is 1. The molecule has 2 N–H and O–H groups in total. The van der Waals surface area contributed by atoms with Crippen LogP contribution >= 0.6 is 0 Å². The van der Waals surface area contributed by atoms with Crippen LogP contribution in [0.1, 0.15) is 12.8 Å². The van der Waals surface area contributed by atoms with Gasteiger partial charge in [0.15, 0.2) is 0 Å². The fraction of sp³-hybridized carbons (Fsp3) is 0.917. The smallest absolute Gasteiger partial charge is 0.306 e. The number of carbonyl (C=O) groups is 1. The fourth-order valence-corrected chi connectivity index (χ4v) is 3.22. The third-order valence-electron chi connectivity index (χ3n) is 4.46. The highest BCUT2D eigenvalue weighted by Crippen LogP contribution is 2.40. The van der Waals surface area contributed by atoms with Gasteiger partial charge in [-0.15, -0.1) is 0 Å². The number of hydrogen-bond donors (Lipinski definition) is 2. The highest BCUT2D eigenvalue weighted by molar-refractivity contribution is 5.73. The van der Waals surface area contributed by atoms with E-state index in [0.29, 0.717) is 12.3 Å². The summed E-state index contributed by atoms with van der Waals surface area (Å²) in [6, 6.07) is 0.